The topological polar surface area (TPSA) is 129 Å². The second-order valence-electron chi connectivity index (χ2n) is 8.94. The largest absolute Gasteiger partial charge is 0.493 e. The number of anilines is 2. The molecule has 3 aromatic carbocycles. The van der Waals surface area contributed by atoms with Gasteiger partial charge in [-0.3, -0.25) is 4.79 Å². The Hall–Kier alpha value is -5.18. The zero-order valence-corrected chi connectivity index (χ0v) is 21.6. The average molecular weight is 521 g/mol. The highest BCUT2D eigenvalue weighted by molar-refractivity contribution is 5.95. The van der Waals surface area contributed by atoms with Crippen LogP contribution in [0.2, 0.25) is 0 Å². The Morgan fingerprint density at radius 2 is 1.79 bits per heavy atom. The number of benzene rings is 3. The molecule has 0 fully saturated rings. The summed E-state index contributed by atoms with van der Waals surface area (Å²) in [5, 5.41) is 6.02. The van der Waals surface area contributed by atoms with E-state index < -0.39 is 0 Å². The number of carbonyl (C=O) groups excluding carboxylic acids is 1. The van der Waals surface area contributed by atoms with Crippen LogP contribution in [0, 0.1) is 0 Å². The van der Waals surface area contributed by atoms with Crippen molar-refractivity contribution < 1.29 is 14.3 Å². The molecule has 4 aromatic rings. The number of hydrogen-bond donors (Lipinski definition) is 2. The second-order valence-corrected chi connectivity index (χ2v) is 8.94. The van der Waals surface area contributed by atoms with E-state index in [9.17, 15) is 4.79 Å². The molecule has 1 aliphatic heterocycles. The van der Waals surface area contributed by atoms with Gasteiger partial charge in [-0.25, -0.2) is 9.99 Å². The Morgan fingerprint density at radius 1 is 1.03 bits per heavy atom. The third-order valence-corrected chi connectivity index (χ3v) is 6.48. The number of amides is 1. The van der Waals surface area contributed by atoms with Gasteiger partial charge >= 0.3 is 0 Å². The van der Waals surface area contributed by atoms with Crippen molar-refractivity contribution in [2.24, 2.45) is 5.10 Å². The van der Waals surface area contributed by atoms with Gasteiger partial charge in [-0.1, -0.05) is 54.6 Å². The predicted molar refractivity (Wildman–Crippen MR) is 151 cm³/mol. The van der Waals surface area contributed by atoms with Gasteiger partial charge in [0.15, 0.2) is 11.5 Å². The minimum atomic E-state index is -0.360. The molecule has 196 valence electrons. The van der Waals surface area contributed by atoms with Gasteiger partial charge in [0.05, 0.1) is 20.4 Å². The van der Waals surface area contributed by atoms with Gasteiger partial charge in [-0.15, -0.1) is 0 Å². The summed E-state index contributed by atoms with van der Waals surface area (Å²) in [6.07, 6.45) is 6.94. The van der Waals surface area contributed by atoms with Crippen molar-refractivity contribution in [3.63, 3.8) is 0 Å². The molecule has 1 amide bonds. The number of methoxy groups -OCH3 is 2. The van der Waals surface area contributed by atoms with E-state index >= 15 is 0 Å². The summed E-state index contributed by atoms with van der Waals surface area (Å²) in [4.78, 5) is 21.7. The van der Waals surface area contributed by atoms with E-state index in [4.69, 9.17) is 20.9 Å². The Bertz CT molecular complexity index is 1570. The van der Waals surface area contributed by atoms with Crippen LogP contribution in [0.3, 0.4) is 0 Å². The van der Waals surface area contributed by atoms with E-state index in [1.165, 1.54) is 11.1 Å². The van der Waals surface area contributed by atoms with Crippen LogP contribution in [0.1, 0.15) is 39.4 Å². The molecule has 0 aliphatic carbocycles. The summed E-state index contributed by atoms with van der Waals surface area (Å²) in [7, 11) is 3.12. The number of nitrogens with zero attached hydrogens (tertiary/aromatic N) is 4. The number of nitrogen functional groups attached to an aromatic ring is 2. The number of nitrogens with two attached hydrogens (primary N) is 2. The fourth-order valence-corrected chi connectivity index (χ4v) is 4.65. The molecule has 1 aromatic heterocycles. The van der Waals surface area contributed by atoms with E-state index in [-0.39, 0.29) is 17.9 Å². The lowest BCUT2D eigenvalue weighted by Crippen LogP contribution is -2.33. The molecule has 9 nitrogen and oxygen atoms in total. The van der Waals surface area contributed by atoms with Crippen molar-refractivity contribution in [3.05, 3.63) is 112 Å². The molecule has 0 bridgehead atoms. The highest BCUT2D eigenvalue weighted by atomic mass is 16.5. The Morgan fingerprint density at radius 3 is 2.54 bits per heavy atom. The van der Waals surface area contributed by atoms with Gasteiger partial charge in [0, 0.05) is 35.4 Å². The maximum Gasteiger partial charge on any atom is 0.267 e. The molecule has 39 heavy (non-hydrogen) atoms. The summed E-state index contributed by atoms with van der Waals surface area (Å²) in [5.74, 6) is 1.16. The molecule has 0 spiro atoms. The number of carbonyl (C=O) groups is 1. The Labute approximate surface area is 226 Å². The van der Waals surface area contributed by atoms with E-state index in [0.29, 0.717) is 29.3 Å². The minimum Gasteiger partial charge on any atom is -0.493 e. The number of fused-ring (bicyclic) bond motifs is 1. The molecular formula is C30H28N6O3. The van der Waals surface area contributed by atoms with Crippen LogP contribution in [0.25, 0.3) is 6.08 Å². The van der Waals surface area contributed by atoms with Crippen LogP contribution < -0.4 is 20.9 Å². The molecule has 2 heterocycles. The summed E-state index contributed by atoms with van der Waals surface area (Å²) < 4.78 is 11.2. The highest BCUT2D eigenvalue weighted by Gasteiger charge is 2.29. The Balaban J connectivity index is 1.49. The SMILES string of the molecule is COc1cc(Cc2cnc(N)nc2N)cc(C=CC(=O)N2N=Cc3ccccc3C2c2ccccc2)c1OC. The van der Waals surface area contributed by atoms with E-state index in [0.717, 1.165) is 27.8 Å². The molecule has 5 rings (SSSR count). The first kappa shape index (κ1) is 25.5. The fourth-order valence-electron chi connectivity index (χ4n) is 4.65. The number of ether oxygens (including phenoxy) is 2. The summed E-state index contributed by atoms with van der Waals surface area (Å²) in [6.45, 7) is 0. The van der Waals surface area contributed by atoms with Crippen molar-refractivity contribution in [1.82, 2.24) is 15.0 Å². The molecule has 4 N–H and O–H groups in total. The standard InChI is InChI=1S/C30H28N6O3/c1-38-25-16-19(15-23-17-33-30(32)35-29(23)31)14-21(28(25)39-2)12-13-26(37)36-27(20-8-4-3-5-9-20)24-11-7-6-10-22(24)18-34-36/h3-14,16-18,27H,15H2,1-2H3,(H4,31,32,33,35). The number of aromatic nitrogens is 2. The highest BCUT2D eigenvalue weighted by Crippen LogP contribution is 2.36. The molecule has 9 heteroatoms. The molecule has 0 saturated heterocycles. The van der Waals surface area contributed by atoms with Gasteiger partial charge < -0.3 is 20.9 Å². The second kappa shape index (κ2) is 11.1. The lowest BCUT2D eigenvalue weighted by molar-refractivity contribution is -0.127. The van der Waals surface area contributed by atoms with Crippen molar-refractivity contribution in [2.75, 3.05) is 25.7 Å². The first-order chi connectivity index (χ1) is 19.0. The van der Waals surface area contributed by atoms with Crippen LogP contribution in [-0.4, -0.2) is 41.3 Å². The maximum atomic E-state index is 13.6. The molecule has 1 aliphatic rings. The van der Waals surface area contributed by atoms with Gasteiger partial charge in [-0.2, -0.15) is 10.1 Å². The van der Waals surface area contributed by atoms with Crippen molar-refractivity contribution in [1.29, 1.82) is 0 Å². The molecule has 0 radical (unpaired) electrons. The first-order valence-electron chi connectivity index (χ1n) is 12.3. The minimum absolute atomic E-state index is 0.113. The van der Waals surface area contributed by atoms with Crippen LogP contribution in [-0.2, 0) is 11.2 Å². The van der Waals surface area contributed by atoms with Crippen molar-refractivity contribution in [2.45, 2.75) is 12.5 Å². The third kappa shape index (κ3) is 5.28. The van der Waals surface area contributed by atoms with Crippen LogP contribution in [0.4, 0.5) is 11.8 Å². The average Bonchev–Trinajstić information content (AvgIpc) is 2.96. The Kier molecular flexibility index (Phi) is 7.22. The van der Waals surface area contributed by atoms with Crippen LogP contribution in [0.5, 0.6) is 11.5 Å². The lowest BCUT2D eigenvalue weighted by atomic mass is 9.93. The number of hydrogen-bond acceptors (Lipinski definition) is 8. The molecule has 1 atom stereocenters. The monoisotopic (exact) mass is 520 g/mol. The first-order valence-corrected chi connectivity index (χ1v) is 12.3. The zero-order valence-electron chi connectivity index (χ0n) is 21.6. The van der Waals surface area contributed by atoms with E-state index in [2.05, 4.69) is 15.1 Å². The van der Waals surface area contributed by atoms with Gasteiger partial charge in [-0.05, 0) is 34.9 Å². The predicted octanol–water partition coefficient (Wildman–Crippen LogP) is 4.23. The van der Waals surface area contributed by atoms with Gasteiger partial charge in [0.25, 0.3) is 5.91 Å². The summed E-state index contributed by atoms with van der Waals surface area (Å²) in [5.41, 5.74) is 16.9. The summed E-state index contributed by atoms with van der Waals surface area (Å²) >= 11 is 0. The number of hydrazone groups is 1. The normalized spacial score (nSPS) is 14.3. The molecular weight excluding hydrogens is 492 g/mol. The van der Waals surface area contributed by atoms with E-state index in [1.807, 2.05) is 66.7 Å². The summed E-state index contributed by atoms with van der Waals surface area (Å²) in [6, 6.07) is 21.2. The lowest BCUT2D eigenvalue weighted by Gasteiger charge is -2.31. The smallest absolute Gasteiger partial charge is 0.267 e. The molecule has 0 saturated carbocycles. The quantitative estimate of drug-likeness (QED) is 0.349. The fraction of sp³-hybridized carbons (Fsp3) is 0.133. The van der Waals surface area contributed by atoms with Crippen LogP contribution in [0.15, 0.2) is 84.1 Å². The van der Waals surface area contributed by atoms with Gasteiger partial charge in [0.1, 0.15) is 11.9 Å². The zero-order chi connectivity index (χ0) is 27.4. The van der Waals surface area contributed by atoms with Gasteiger partial charge in [0.2, 0.25) is 5.95 Å². The molecule has 1 unspecified atom stereocenters. The number of rotatable bonds is 7. The maximum absolute atomic E-state index is 13.6. The van der Waals surface area contributed by atoms with Crippen molar-refractivity contribution >= 4 is 30.0 Å². The van der Waals surface area contributed by atoms with Crippen molar-refractivity contribution in [3.8, 4) is 11.5 Å². The van der Waals surface area contributed by atoms with E-state index in [1.54, 1.807) is 32.7 Å². The third-order valence-electron chi connectivity index (χ3n) is 6.48. The van der Waals surface area contributed by atoms with Crippen LogP contribution >= 0.6 is 0 Å².